The molecule has 0 unspecified atom stereocenters. The lowest BCUT2D eigenvalue weighted by Gasteiger charge is -2.18. The van der Waals surface area contributed by atoms with Crippen molar-refractivity contribution >= 4 is 5.84 Å². The molecule has 1 aliphatic rings. The van der Waals surface area contributed by atoms with Crippen LogP contribution in [0.1, 0.15) is 24.0 Å². The molecule has 0 amide bonds. The van der Waals surface area contributed by atoms with E-state index in [1.165, 1.54) is 12.8 Å². The molecular formula is C14H21N3O2. The summed E-state index contributed by atoms with van der Waals surface area (Å²) in [6, 6.07) is 5.56. The van der Waals surface area contributed by atoms with E-state index in [2.05, 4.69) is 17.1 Å². The molecule has 1 saturated carbocycles. The molecule has 1 aromatic carbocycles. The summed E-state index contributed by atoms with van der Waals surface area (Å²) in [4.78, 5) is 2.28. The standard InChI is InChI=1S/C14H21N3O2/c1-17(8-10-3-4-10)9-12-7-11(14(15)16-18)5-6-13(12)19-2/h5-7,10,18H,3-4,8-9H2,1-2H3,(H2,15,16). The van der Waals surface area contributed by atoms with Crippen LogP contribution in [-0.4, -0.2) is 36.6 Å². The van der Waals surface area contributed by atoms with E-state index in [0.717, 1.165) is 30.3 Å². The molecule has 5 nitrogen and oxygen atoms in total. The molecular weight excluding hydrogens is 242 g/mol. The largest absolute Gasteiger partial charge is 0.496 e. The number of oxime groups is 1. The normalized spacial score (nSPS) is 15.8. The van der Waals surface area contributed by atoms with Gasteiger partial charge in [-0.1, -0.05) is 5.16 Å². The van der Waals surface area contributed by atoms with Gasteiger partial charge in [-0.05, 0) is 44.0 Å². The Morgan fingerprint density at radius 2 is 2.26 bits per heavy atom. The number of benzene rings is 1. The monoisotopic (exact) mass is 263 g/mol. The van der Waals surface area contributed by atoms with Crippen LogP contribution in [0.5, 0.6) is 5.75 Å². The van der Waals surface area contributed by atoms with Gasteiger partial charge in [-0.15, -0.1) is 0 Å². The van der Waals surface area contributed by atoms with Gasteiger partial charge in [0.1, 0.15) is 5.75 Å². The molecule has 19 heavy (non-hydrogen) atoms. The minimum atomic E-state index is 0.119. The zero-order valence-electron chi connectivity index (χ0n) is 11.5. The van der Waals surface area contributed by atoms with Crippen molar-refractivity contribution in [2.75, 3.05) is 20.7 Å². The molecule has 2 rings (SSSR count). The van der Waals surface area contributed by atoms with Crippen molar-refractivity contribution in [1.29, 1.82) is 0 Å². The second-order valence-electron chi connectivity index (χ2n) is 5.15. The van der Waals surface area contributed by atoms with Crippen LogP contribution in [0.4, 0.5) is 0 Å². The third-order valence-corrected chi connectivity index (χ3v) is 3.39. The van der Waals surface area contributed by atoms with Crippen LogP contribution in [0, 0.1) is 5.92 Å². The Kier molecular flexibility index (Phi) is 4.27. The Balaban J connectivity index is 2.15. The smallest absolute Gasteiger partial charge is 0.170 e. The van der Waals surface area contributed by atoms with E-state index >= 15 is 0 Å². The summed E-state index contributed by atoms with van der Waals surface area (Å²) in [5.41, 5.74) is 7.38. The summed E-state index contributed by atoms with van der Waals surface area (Å²) in [6.07, 6.45) is 2.68. The van der Waals surface area contributed by atoms with Gasteiger partial charge in [-0.25, -0.2) is 0 Å². The summed E-state index contributed by atoms with van der Waals surface area (Å²) in [5, 5.41) is 11.8. The van der Waals surface area contributed by atoms with E-state index in [0.29, 0.717) is 5.56 Å². The molecule has 1 fully saturated rings. The minimum absolute atomic E-state index is 0.119. The van der Waals surface area contributed by atoms with Gasteiger partial charge in [-0.3, -0.25) is 0 Å². The van der Waals surface area contributed by atoms with Crippen LogP contribution in [-0.2, 0) is 6.54 Å². The molecule has 0 spiro atoms. The maximum Gasteiger partial charge on any atom is 0.170 e. The average molecular weight is 263 g/mol. The number of nitrogens with zero attached hydrogens (tertiary/aromatic N) is 2. The molecule has 0 radical (unpaired) electrons. The fourth-order valence-electron chi connectivity index (χ4n) is 2.22. The Labute approximate surface area is 113 Å². The topological polar surface area (TPSA) is 71.1 Å². The van der Waals surface area contributed by atoms with Crippen molar-refractivity contribution < 1.29 is 9.94 Å². The third-order valence-electron chi connectivity index (χ3n) is 3.39. The Morgan fingerprint density at radius 3 is 2.84 bits per heavy atom. The summed E-state index contributed by atoms with van der Waals surface area (Å²) in [7, 11) is 3.76. The van der Waals surface area contributed by atoms with Crippen molar-refractivity contribution in [2.45, 2.75) is 19.4 Å². The predicted molar refractivity (Wildman–Crippen MR) is 74.6 cm³/mol. The van der Waals surface area contributed by atoms with Gasteiger partial charge in [0.25, 0.3) is 0 Å². The van der Waals surface area contributed by atoms with Crippen molar-refractivity contribution in [3.05, 3.63) is 29.3 Å². The molecule has 104 valence electrons. The number of hydrogen-bond acceptors (Lipinski definition) is 4. The molecule has 0 aromatic heterocycles. The van der Waals surface area contributed by atoms with E-state index in [4.69, 9.17) is 15.7 Å². The Bertz CT molecular complexity index is 470. The quantitative estimate of drug-likeness (QED) is 0.354. The first-order valence-electron chi connectivity index (χ1n) is 6.47. The summed E-state index contributed by atoms with van der Waals surface area (Å²) in [6.45, 7) is 1.91. The number of methoxy groups -OCH3 is 1. The van der Waals surface area contributed by atoms with Gasteiger partial charge in [0.05, 0.1) is 7.11 Å². The molecule has 3 N–H and O–H groups in total. The van der Waals surface area contributed by atoms with Crippen LogP contribution in [0.3, 0.4) is 0 Å². The van der Waals surface area contributed by atoms with Gasteiger partial charge in [-0.2, -0.15) is 0 Å². The highest BCUT2D eigenvalue weighted by atomic mass is 16.5. The van der Waals surface area contributed by atoms with Gasteiger partial charge >= 0.3 is 0 Å². The molecule has 1 aromatic rings. The van der Waals surface area contributed by atoms with E-state index in [-0.39, 0.29) is 5.84 Å². The zero-order chi connectivity index (χ0) is 13.8. The predicted octanol–water partition coefficient (Wildman–Crippen LogP) is 1.63. The molecule has 0 bridgehead atoms. The second-order valence-corrected chi connectivity index (χ2v) is 5.15. The maximum absolute atomic E-state index is 8.74. The highest BCUT2D eigenvalue weighted by Crippen LogP contribution is 2.30. The van der Waals surface area contributed by atoms with Crippen LogP contribution in [0.2, 0.25) is 0 Å². The number of amidine groups is 1. The third kappa shape index (κ3) is 3.61. The van der Waals surface area contributed by atoms with E-state index < -0.39 is 0 Å². The first kappa shape index (κ1) is 13.7. The lowest BCUT2D eigenvalue weighted by molar-refractivity contribution is 0.305. The highest BCUT2D eigenvalue weighted by Gasteiger charge is 2.23. The van der Waals surface area contributed by atoms with E-state index in [9.17, 15) is 0 Å². The molecule has 0 heterocycles. The number of nitrogens with two attached hydrogens (primary N) is 1. The summed E-state index contributed by atoms with van der Waals surface area (Å²) in [5.74, 6) is 1.80. The van der Waals surface area contributed by atoms with Crippen LogP contribution in [0.15, 0.2) is 23.4 Å². The van der Waals surface area contributed by atoms with Crippen LogP contribution in [0.25, 0.3) is 0 Å². The number of ether oxygens (including phenoxy) is 1. The lowest BCUT2D eigenvalue weighted by atomic mass is 10.1. The minimum Gasteiger partial charge on any atom is -0.496 e. The van der Waals surface area contributed by atoms with Gasteiger partial charge in [0.2, 0.25) is 0 Å². The highest BCUT2D eigenvalue weighted by molar-refractivity contribution is 5.97. The first-order chi connectivity index (χ1) is 9.13. The van der Waals surface area contributed by atoms with Crippen LogP contribution >= 0.6 is 0 Å². The summed E-state index contributed by atoms with van der Waals surface area (Å²) >= 11 is 0. The van der Waals surface area contributed by atoms with Crippen molar-refractivity contribution in [1.82, 2.24) is 4.90 Å². The average Bonchev–Trinajstić information content (AvgIpc) is 3.21. The maximum atomic E-state index is 8.74. The molecule has 0 saturated heterocycles. The van der Waals surface area contributed by atoms with Gasteiger partial charge in [0, 0.05) is 24.2 Å². The molecule has 0 aliphatic heterocycles. The Hall–Kier alpha value is -1.75. The molecule has 0 atom stereocenters. The van der Waals surface area contributed by atoms with Crippen molar-refractivity contribution in [2.24, 2.45) is 16.8 Å². The first-order valence-corrected chi connectivity index (χ1v) is 6.47. The fourth-order valence-corrected chi connectivity index (χ4v) is 2.22. The number of rotatable bonds is 6. The van der Waals surface area contributed by atoms with Crippen LogP contribution < -0.4 is 10.5 Å². The fraction of sp³-hybridized carbons (Fsp3) is 0.500. The zero-order valence-corrected chi connectivity index (χ0v) is 11.5. The molecule has 5 heteroatoms. The van der Waals surface area contributed by atoms with Crippen molar-refractivity contribution in [3.8, 4) is 5.75 Å². The SMILES string of the molecule is COc1ccc(/C(N)=N/O)cc1CN(C)CC1CC1. The summed E-state index contributed by atoms with van der Waals surface area (Å²) < 4.78 is 5.37. The van der Waals surface area contributed by atoms with E-state index in [1.807, 2.05) is 12.1 Å². The molecule has 1 aliphatic carbocycles. The lowest BCUT2D eigenvalue weighted by Crippen LogP contribution is -2.21. The van der Waals surface area contributed by atoms with Crippen molar-refractivity contribution in [3.63, 3.8) is 0 Å². The van der Waals surface area contributed by atoms with E-state index in [1.54, 1.807) is 13.2 Å². The van der Waals surface area contributed by atoms with Gasteiger partial charge in [0.15, 0.2) is 5.84 Å². The second kappa shape index (κ2) is 5.93. The van der Waals surface area contributed by atoms with Gasteiger partial charge < -0.3 is 20.6 Å². The Morgan fingerprint density at radius 1 is 1.53 bits per heavy atom. The number of hydrogen-bond donors (Lipinski definition) is 2.